The molecule has 6 nitrogen and oxygen atoms in total. The predicted molar refractivity (Wildman–Crippen MR) is 68.4 cm³/mol. The molecule has 0 heterocycles. The second-order valence-corrected chi connectivity index (χ2v) is 4.16. The molecule has 0 bridgehead atoms. The van der Waals surface area contributed by atoms with Crippen LogP contribution in [0.2, 0.25) is 0 Å². The van der Waals surface area contributed by atoms with E-state index in [-0.39, 0.29) is 38.0 Å². The summed E-state index contributed by atoms with van der Waals surface area (Å²) in [6, 6.07) is 0. The monoisotopic (exact) mass is 276 g/mol. The Morgan fingerprint density at radius 2 is 1.05 bits per heavy atom. The Hall–Kier alpha value is -1.14. The maximum atomic E-state index is 10.9. The molecular formula is C13H24O6. The molecule has 6 heteroatoms. The zero-order valence-electron chi connectivity index (χ0n) is 11.3. The number of hydrogen-bond donors (Lipinski definition) is 2. The standard InChI is InChI=1S/C13H24O6/c14-8-6-12(16)18-10-4-2-1-3-5-11-19-13(17)7-9-15/h14-15H,1-11H2. The fourth-order valence-electron chi connectivity index (χ4n) is 1.43. The molecule has 0 saturated heterocycles. The third-order valence-corrected chi connectivity index (χ3v) is 2.45. The van der Waals surface area contributed by atoms with Gasteiger partial charge in [0, 0.05) is 0 Å². The third kappa shape index (κ3) is 13.1. The smallest absolute Gasteiger partial charge is 0.308 e. The van der Waals surface area contributed by atoms with Gasteiger partial charge in [-0.2, -0.15) is 0 Å². The number of hydrogen-bond acceptors (Lipinski definition) is 6. The lowest BCUT2D eigenvalue weighted by Gasteiger charge is -2.05. The van der Waals surface area contributed by atoms with Crippen molar-refractivity contribution >= 4 is 11.9 Å². The second kappa shape index (κ2) is 13.3. The van der Waals surface area contributed by atoms with E-state index in [2.05, 4.69) is 0 Å². The third-order valence-electron chi connectivity index (χ3n) is 2.45. The van der Waals surface area contributed by atoms with Crippen molar-refractivity contribution in [1.29, 1.82) is 0 Å². The van der Waals surface area contributed by atoms with Crippen molar-refractivity contribution in [2.45, 2.75) is 44.9 Å². The number of ether oxygens (including phenoxy) is 2. The molecule has 0 rings (SSSR count). The largest absolute Gasteiger partial charge is 0.466 e. The summed E-state index contributed by atoms with van der Waals surface area (Å²) in [7, 11) is 0. The summed E-state index contributed by atoms with van der Waals surface area (Å²) in [5, 5.41) is 17.0. The Morgan fingerprint density at radius 1 is 0.684 bits per heavy atom. The SMILES string of the molecule is O=C(CCO)OCCCCCCCOC(=O)CCO. The summed E-state index contributed by atoms with van der Waals surface area (Å²) < 4.78 is 9.75. The fourth-order valence-corrected chi connectivity index (χ4v) is 1.43. The van der Waals surface area contributed by atoms with E-state index in [9.17, 15) is 9.59 Å². The molecule has 2 N–H and O–H groups in total. The summed E-state index contributed by atoms with van der Waals surface area (Å²) in [6.07, 6.45) is 4.63. The number of aliphatic hydroxyl groups excluding tert-OH is 2. The van der Waals surface area contributed by atoms with Crippen molar-refractivity contribution in [2.24, 2.45) is 0 Å². The number of aliphatic hydroxyl groups is 2. The van der Waals surface area contributed by atoms with Gasteiger partial charge in [-0.25, -0.2) is 0 Å². The fraction of sp³-hybridized carbons (Fsp3) is 0.846. The number of unbranched alkanes of at least 4 members (excludes halogenated alkanes) is 4. The molecule has 0 aliphatic carbocycles. The molecule has 0 fully saturated rings. The molecule has 0 atom stereocenters. The van der Waals surface area contributed by atoms with Crippen LogP contribution in [0.1, 0.15) is 44.9 Å². The van der Waals surface area contributed by atoms with E-state index in [0.29, 0.717) is 13.2 Å². The van der Waals surface area contributed by atoms with E-state index in [1.165, 1.54) is 0 Å². The van der Waals surface area contributed by atoms with Crippen molar-refractivity contribution in [3.63, 3.8) is 0 Å². The van der Waals surface area contributed by atoms with E-state index in [4.69, 9.17) is 19.7 Å². The minimum atomic E-state index is -0.363. The van der Waals surface area contributed by atoms with Gasteiger partial charge in [0.2, 0.25) is 0 Å². The zero-order valence-corrected chi connectivity index (χ0v) is 11.3. The maximum absolute atomic E-state index is 10.9. The number of esters is 2. The van der Waals surface area contributed by atoms with Crippen molar-refractivity contribution in [2.75, 3.05) is 26.4 Å². The molecule has 0 aromatic rings. The van der Waals surface area contributed by atoms with Crippen LogP contribution in [-0.4, -0.2) is 48.6 Å². The van der Waals surface area contributed by atoms with Crippen molar-refractivity contribution in [3.05, 3.63) is 0 Å². The van der Waals surface area contributed by atoms with E-state index >= 15 is 0 Å². The number of rotatable bonds is 12. The van der Waals surface area contributed by atoms with Crippen LogP contribution in [0.25, 0.3) is 0 Å². The van der Waals surface area contributed by atoms with Crippen molar-refractivity contribution in [3.8, 4) is 0 Å². The van der Waals surface area contributed by atoms with Crippen molar-refractivity contribution in [1.82, 2.24) is 0 Å². The van der Waals surface area contributed by atoms with Gasteiger partial charge in [-0.1, -0.05) is 19.3 Å². The molecule has 19 heavy (non-hydrogen) atoms. The van der Waals surface area contributed by atoms with E-state index in [1.807, 2.05) is 0 Å². The molecule has 0 amide bonds. The van der Waals surface area contributed by atoms with Gasteiger partial charge in [0.1, 0.15) is 0 Å². The van der Waals surface area contributed by atoms with Crippen LogP contribution in [0, 0.1) is 0 Å². The normalized spacial score (nSPS) is 10.2. The molecule has 0 aromatic carbocycles. The zero-order chi connectivity index (χ0) is 14.3. The Morgan fingerprint density at radius 3 is 1.42 bits per heavy atom. The van der Waals surface area contributed by atoms with Crippen LogP contribution in [0.5, 0.6) is 0 Å². The van der Waals surface area contributed by atoms with Crippen LogP contribution in [-0.2, 0) is 19.1 Å². The van der Waals surface area contributed by atoms with Crippen molar-refractivity contribution < 1.29 is 29.3 Å². The first-order valence-corrected chi connectivity index (χ1v) is 6.73. The molecule has 0 aliphatic rings. The van der Waals surface area contributed by atoms with Crippen LogP contribution in [0.4, 0.5) is 0 Å². The van der Waals surface area contributed by atoms with Gasteiger partial charge in [-0.05, 0) is 12.8 Å². The minimum absolute atomic E-state index is 0.0548. The van der Waals surface area contributed by atoms with E-state index in [1.54, 1.807) is 0 Å². The number of carbonyl (C=O) groups excluding carboxylic acids is 2. The highest BCUT2D eigenvalue weighted by Crippen LogP contribution is 2.04. The average molecular weight is 276 g/mol. The van der Waals surface area contributed by atoms with E-state index < -0.39 is 0 Å². The van der Waals surface area contributed by atoms with Crippen LogP contribution in [0.15, 0.2) is 0 Å². The first kappa shape index (κ1) is 17.9. The first-order valence-electron chi connectivity index (χ1n) is 6.73. The Labute approximate surface area is 113 Å². The predicted octanol–water partition coefficient (Wildman–Crippen LogP) is 0.788. The lowest BCUT2D eigenvalue weighted by atomic mass is 10.1. The average Bonchev–Trinajstić information content (AvgIpc) is 2.37. The molecule has 112 valence electrons. The molecule has 0 aliphatic heterocycles. The molecule has 0 unspecified atom stereocenters. The molecule has 0 aromatic heterocycles. The highest BCUT2D eigenvalue weighted by Gasteiger charge is 2.01. The number of carbonyl (C=O) groups is 2. The molecule has 0 radical (unpaired) electrons. The van der Waals surface area contributed by atoms with Crippen LogP contribution in [0.3, 0.4) is 0 Å². The van der Waals surface area contributed by atoms with Gasteiger partial charge < -0.3 is 19.7 Å². The lowest BCUT2D eigenvalue weighted by molar-refractivity contribution is -0.145. The highest BCUT2D eigenvalue weighted by molar-refractivity contribution is 5.69. The summed E-state index contributed by atoms with van der Waals surface area (Å²) >= 11 is 0. The summed E-state index contributed by atoms with van der Waals surface area (Å²) in [5.74, 6) is -0.725. The summed E-state index contributed by atoms with van der Waals surface area (Å²) in [6.45, 7) is 0.441. The van der Waals surface area contributed by atoms with E-state index in [0.717, 1.165) is 32.1 Å². The summed E-state index contributed by atoms with van der Waals surface area (Å²) in [5.41, 5.74) is 0. The molecule has 0 spiro atoms. The van der Waals surface area contributed by atoms with Gasteiger partial charge in [0.05, 0.1) is 39.3 Å². The highest BCUT2D eigenvalue weighted by atomic mass is 16.5. The minimum Gasteiger partial charge on any atom is -0.466 e. The van der Waals surface area contributed by atoms with Crippen LogP contribution < -0.4 is 0 Å². The second-order valence-electron chi connectivity index (χ2n) is 4.16. The summed E-state index contributed by atoms with van der Waals surface area (Å²) in [4.78, 5) is 21.8. The van der Waals surface area contributed by atoms with Gasteiger partial charge in [0.15, 0.2) is 0 Å². The first-order chi connectivity index (χ1) is 9.20. The van der Waals surface area contributed by atoms with Gasteiger partial charge in [-0.15, -0.1) is 0 Å². The molecule has 0 saturated carbocycles. The Balaban J connectivity index is 3.15. The quantitative estimate of drug-likeness (QED) is 0.404. The van der Waals surface area contributed by atoms with Gasteiger partial charge >= 0.3 is 11.9 Å². The maximum Gasteiger partial charge on any atom is 0.308 e. The van der Waals surface area contributed by atoms with Gasteiger partial charge in [0.25, 0.3) is 0 Å². The lowest BCUT2D eigenvalue weighted by Crippen LogP contribution is -2.08. The Kier molecular flexibility index (Phi) is 12.5. The Bertz CT molecular complexity index is 217. The topological polar surface area (TPSA) is 93.1 Å². The van der Waals surface area contributed by atoms with Crippen LogP contribution >= 0.6 is 0 Å². The molecular weight excluding hydrogens is 252 g/mol. The van der Waals surface area contributed by atoms with Gasteiger partial charge in [-0.3, -0.25) is 9.59 Å².